The van der Waals surface area contributed by atoms with Crippen molar-refractivity contribution in [1.29, 1.82) is 0 Å². The first-order valence-corrected chi connectivity index (χ1v) is 7.49. The van der Waals surface area contributed by atoms with Crippen molar-refractivity contribution in [2.75, 3.05) is 18.9 Å². The number of benzene rings is 1. The number of carboxylic acid groups (broad SMARTS) is 1. The van der Waals surface area contributed by atoms with Gasteiger partial charge >= 0.3 is 12.1 Å². The first-order valence-electron chi connectivity index (χ1n) is 7.49. The summed E-state index contributed by atoms with van der Waals surface area (Å²) in [6.07, 6.45) is -1.55. The van der Waals surface area contributed by atoms with Crippen LogP contribution in [0.1, 0.15) is 20.3 Å². The van der Waals surface area contributed by atoms with Gasteiger partial charge in [0.15, 0.2) is 6.10 Å². The van der Waals surface area contributed by atoms with Crippen LogP contribution in [0.2, 0.25) is 0 Å². The van der Waals surface area contributed by atoms with Gasteiger partial charge in [0.1, 0.15) is 14.4 Å². The highest BCUT2D eigenvalue weighted by Gasteiger charge is 2.28. The van der Waals surface area contributed by atoms with Crippen LogP contribution < -0.4 is 10.8 Å². The zero-order valence-corrected chi connectivity index (χ0v) is 14.0. The fourth-order valence-corrected chi connectivity index (χ4v) is 2.00. The highest BCUT2D eigenvalue weighted by molar-refractivity contribution is 6.32. The summed E-state index contributed by atoms with van der Waals surface area (Å²) in [5.74, 6) is -1.61. The van der Waals surface area contributed by atoms with Crippen LogP contribution >= 0.6 is 0 Å². The van der Waals surface area contributed by atoms with E-state index < -0.39 is 30.6 Å². The maximum atomic E-state index is 12.3. The number of carbonyl (C=O) groups excluding carboxylic acids is 2. The molecule has 2 amide bonds. The molecule has 0 aliphatic carbocycles. The van der Waals surface area contributed by atoms with Gasteiger partial charge in [-0.25, -0.2) is 4.79 Å². The average molecular weight is 332 g/mol. The maximum absolute atomic E-state index is 12.3. The molecule has 7 nitrogen and oxygen atoms in total. The van der Waals surface area contributed by atoms with Crippen LogP contribution in [0.5, 0.6) is 0 Å². The average Bonchev–Trinajstić information content (AvgIpc) is 2.47. The molecule has 128 valence electrons. The Bertz CT molecular complexity index is 589. The lowest BCUT2D eigenvalue weighted by Gasteiger charge is -2.24. The van der Waals surface area contributed by atoms with Crippen molar-refractivity contribution >= 4 is 37.0 Å². The van der Waals surface area contributed by atoms with E-state index in [1.165, 1.54) is 7.05 Å². The lowest BCUT2D eigenvalue weighted by atomic mass is 9.96. The van der Waals surface area contributed by atoms with Gasteiger partial charge in [-0.1, -0.05) is 31.4 Å². The summed E-state index contributed by atoms with van der Waals surface area (Å²) in [7, 11) is 6.92. The second kappa shape index (κ2) is 8.95. The van der Waals surface area contributed by atoms with Gasteiger partial charge in [-0.3, -0.25) is 14.9 Å². The molecule has 1 aromatic rings. The quantitative estimate of drug-likeness (QED) is 0.726. The van der Waals surface area contributed by atoms with Crippen LogP contribution in [-0.4, -0.2) is 55.5 Å². The molecule has 0 spiro atoms. The van der Waals surface area contributed by atoms with Crippen molar-refractivity contribution in [1.82, 2.24) is 4.90 Å². The van der Waals surface area contributed by atoms with Gasteiger partial charge < -0.3 is 14.7 Å². The first-order chi connectivity index (χ1) is 11.2. The Morgan fingerprint density at radius 2 is 1.83 bits per heavy atom. The number of hydrogen-bond acceptors (Lipinski definition) is 4. The number of hydrogen-bond donors (Lipinski definition) is 2. The maximum Gasteiger partial charge on any atom is 0.412 e. The molecule has 8 heteroatoms. The standard InChI is InChI=1S/C16H21BN2O5/c1-10(2)8-13(15(22)19(3)9-14(20)21)24-16(23)18-12-6-4-11(17)5-7-12/h4-7,10,13H,8-9H2,1-3H3,(H,18,23)(H,20,21)/t13-/m0/s1. The van der Waals surface area contributed by atoms with E-state index >= 15 is 0 Å². The largest absolute Gasteiger partial charge is 0.480 e. The third-order valence-corrected chi connectivity index (χ3v) is 3.12. The van der Waals surface area contributed by atoms with E-state index in [0.29, 0.717) is 11.2 Å². The summed E-state index contributed by atoms with van der Waals surface area (Å²) in [6.45, 7) is 3.29. The number of carboxylic acids is 1. The predicted molar refractivity (Wildman–Crippen MR) is 90.4 cm³/mol. The molecule has 0 fully saturated rings. The van der Waals surface area contributed by atoms with Gasteiger partial charge in [0.05, 0.1) is 0 Å². The van der Waals surface area contributed by atoms with Crippen molar-refractivity contribution in [2.45, 2.75) is 26.4 Å². The summed E-state index contributed by atoms with van der Waals surface area (Å²) >= 11 is 0. The van der Waals surface area contributed by atoms with Crippen LogP contribution in [-0.2, 0) is 14.3 Å². The summed E-state index contributed by atoms with van der Waals surface area (Å²) in [4.78, 5) is 36.0. The molecule has 0 bridgehead atoms. The van der Waals surface area contributed by atoms with Crippen LogP contribution in [0.4, 0.5) is 10.5 Å². The number of aliphatic carboxylic acids is 1. The van der Waals surface area contributed by atoms with E-state index in [0.717, 1.165) is 4.90 Å². The number of carbonyl (C=O) groups is 3. The van der Waals surface area contributed by atoms with Crippen molar-refractivity contribution in [3.05, 3.63) is 24.3 Å². The van der Waals surface area contributed by atoms with Gasteiger partial charge in [-0.2, -0.15) is 0 Å². The van der Waals surface area contributed by atoms with Crippen molar-refractivity contribution in [3.8, 4) is 0 Å². The number of likely N-dealkylation sites (N-methyl/N-ethyl adjacent to an activating group) is 1. The normalized spacial score (nSPS) is 11.7. The fraction of sp³-hybridized carbons (Fsp3) is 0.438. The number of anilines is 1. The third kappa shape index (κ3) is 6.72. The van der Waals surface area contributed by atoms with Crippen molar-refractivity contribution < 1.29 is 24.2 Å². The number of ether oxygens (including phenoxy) is 1. The molecule has 2 N–H and O–H groups in total. The summed E-state index contributed by atoms with van der Waals surface area (Å²) in [6, 6.07) is 6.44. The molecule has 2 radical (unpaired) electrons. The summed E-state index contributed by atoms with van der Waals surface area (Å²) < 4.78 is 5.19. The van der Waals surface area contributed by atoms with E-state index in [1.54, 1.807) is 24.3 Å². The SMILES string of the molecule is [B]c1ccc(NC(=O)O[C@@H](CC(C)C)C(=O)N(C)CC(=O)O)cc1. The number of amides is 2. The van der Waals surface area contributed by atoms with E-state index in [-0.39, 0.29) is 12.3 Å². The fourth-order valence-electron chi connectivity index (χ4n) is 2.00. The van der Waals surface area contributed by atoms with Crippen molar-refractivity contribution in [2.24, 2.45) is 5.92 Å². The van der Waals surface area contributed by atoms with E-state index in [9.17, 15) is 14.4 Å². The second-order valence-corrected chi connectivity index (χ2v) is 5.86. The predicted octanol–water partition coefficient (Wildman–Crippen LogP) is 0.987. The highest BCUT2D eigenvalue weighted by Crippen LogP contribution is 2.13. The lowest BCUT2D eigenvalue weighted by molar-refractivity contribution is -0.147. The van der Waals surface area contributed by atoms with E-state index in [2.05, 4.69) is 5.32 Å². The molecule has 1 atom stereocenters. The summed E-state index contributed by atoms with van der Waals surface area (Å²) in [5, 5.41) is 11.3. The number of nitrogens with one attached hydrogen (secondary N) is 1. The Labute approximate surface area is 142 Å². The van der Waals surface area contributed by atoms with Crippen LogP contribution in [0.25, 0.3) is 0 Å². The molecule has 1 rings (SSSR count). The van der Waals surface area contributed by atoms with Gasteiger partial charge in [0.25, 0.3) is 5.91 Å². The lowest BCUT2D eigenvalue weighted by Crippen LogP contribution is -2.42. The zero-order chi connectivity index (χ0) is 18.3. The van der Waals surface area contributed by atoms with Crippen LogP contribution in [0.15, 0.2) is 24.3 Å². The molecular formula is C16H21BN2O5. The minimum Gasteiger partial charge on any atom is -0.480 e. The molecule has 0 saturated heterocycles. The van der Waals surface area contributed by atoms with Crippen LogP contribution in [0.3, 0.4) is 0 Å². The van der Waals surface area contributed by atoms with Gasteiger partial charge in [0.2, 0.25) is 0 Å². The molecule has 0 aliphatic rings. The number of nitrogens with zero attached hydrogens (tertiary/aromatic N) is 1. The minimum atomic E-state index is -1.14. The molecule has 0 unspecified atom stereocenters. The molecule has 0 aliphatic heterocycles. The molecule has 1 aromatic carbocycles. The first kappa shape index (κ1) is 19.5. The smallest absolute Gasteiger partial charge is 0.412 e. The topological polar surface area (TPSA) is 95.9 Å². The molecule has 0 heterocycles. The Balaban J connectivity index is 2.73. The Morgan fingerprint density at radius 1 is 1.25 bits per heavy atom. The molecular weight excluding hydrogens is 311 g/mol. The summed E-state index contributed by atoms with van der Waals surface area (Å²) in [5.41, 5.74) is 1.03. The van der Waals surface area contributed by atoms with E-state index in [1.807, 2.05) is 13.8 Å². The highest BCUT2D eigenvalue weighted by atomic mass is 16.6. The minimum absolute atomic E-state index is 0.0847. The van der Waals surface area contributed by atoms with Gasteiger partial charge in [-0.05, 0) is 24.5 Å². The molecule has 0 saturated carbocycles. The second-order valence-electron chi connectivity index (χ2n) is 5.86. The van der Waals surface area contributed by atoms with Crippen LogP contribution in [0, 0.1) is 5.92 Å². The van der Waals surface area contributed by atoms with Gasteiger partial charge in [-0.15, -0.1) is 0 Å². The Morgan fingerprint density at radius 3 is 2.33 bits per heavy atom. The van der Waals surface area contributed by atoms with Gasteiger partial charge in [0, 0.05) is 12.7 Å². The Kier molecular flexibility index (Phi) is 7.29. The molecule has 0 aromatic heterocycles. The zero-order valence-electron chi connectivity index (χ0n) is 14.0. The monoisotopic (exact) mass is 332 g/mol. The molecule has 24 heavy (non-hydrogen) atoms. The third-order valence-electron chi connectivity index (χ3n) is 3.12. The Hall–Kier alpha value is -2.51. The van der Waals surface area contributed by atoms with E-state index in [4.69, 9.17) is 17.7 Å². The number of rotatable bonds is 7. The van der Waals surface area contributed by atoms with Crippen molar-refractivity contribution in [3.63, 3.8) is 0 Å².